The quantitative estimate of drug-likeness (QED) is 0.410. The SMILES string of the molecule is CN=C(NCCCOc1ccc(OC)cc1)NCc1ccc(OC)cc1. The van der Waals surface area contributed by atoms with Crippen LogP contribution >= 0.6 is 0 Å². The van der Waals surface area contributed by atoms with E-state index < -0.39 is 0 Å². The van der Waals surface area contributed by atoms with Crippen LogP contribution in [-0.4, -0.2) is 40.4 Å². The van der Waals surface area contributed by atoms with Crippen molar-refractivity contribution in [3.8, 4) is 17.2 Å². The van der Waals surface area contributed by atoms with E-state index in [4.69, 9.17) is 14.2 Å². The standard InChI is InChI=1S/C20H27N3O3/c1-21-20(23-15-16-5-7-17(24-2)8-6-16)22-13-4-14-26-19-11-9-18(25-3)10-12-19/h5-12H,4,13-15H2,1-3H3,(H2,21,22,23). The Morgan fingerprint density at radius 3 is 2.00 bits per heavy atom. The minimum absolute atomic E-state index is 0.634. The van der Waals surface area contributed by atoms with E-state index in [1.54, 1.807) is 21.3 Å². The second-order valence-corrected chi connectivity index (χ2v) is 5.58. The van der Waals surface area contributed by atoms with Crippen molar-refractivity contribution < 1.29 is 14.2 Å². The minimum Gasteiger partial charge on any atom is -0.497 e. The lowest BCUT2D eigenvalue weighted by molar-refractivity contribution is 0.310. The average molecular weight is 357 g/mol. The summed E-state index contributed by atoms with van der Waals surface area (Å²) in [5, 5.41) is 6.57. The summed E-state index contributed by atoms with van der Waals surface area (Å²) in [6.07, 6.45) is 0.870. The molecule has 0 bridgehead atoms. The molecule has 0 saturated heterocycles. The minimum atomic E-state index is 0.634. The third kappa shape index (κ3) is 6.55. The van der Waals surface area contributed by atoms with E-state index in [0.29, 0.717) is 13.2 Å². The highest BCUT2D eigenvalue weighted by Crippen LogP contribution is 2.16. The molecule has 6 heteroatoms. The van der Waals surface area contributed by atoms with Crippen LogP contribution in [0.1, 0.15) is 12.0 Å². The molecule has 6 nitrogen and oxygen atoms in total. The van der Waals surface area contributed by atoms with Gasteiger partial charge < -0.3 is 24.8 Å². The van der Waals surface area contributed by atoms with Gasteiger partial charge in [-0.15, -0.1) is 0 Å². The number of hydrogen-bond donors (Lipinski definition) is 2. The monoisotopic (exact) mass is 357 g/mol. The topological polar surface area (TPSA) is 64.1 Å². The number of benzene rings is 2. The molecule has 2 aromatic carbocycles. The van der Waals surface area contributed by atoms with Gasteiger partial charge >= 0.3 is 0 Å². The second-order valence-electron chi connectivity index (χ2n) is 5.58. The molecule has 0 unspecified atom stereocenters. The first-order valence-electron chi connectivity index (χ1n) is 8.59. The lowest BCUT2D eigenvalue weighted by Crippen LogP contribution is -2.37. The zero-order valence-electron chi connectivity index (χ0n) is 15.6. The van der Waals surface area contributed by atoms with Gasteiger partial charge in [-0.25, -0.2) is 0 Å². The van der Waals surface area contributed by atoms with E-state index >= 15 is 0 Å². The van der Waals surface area contributed by atoms with Crippen molar-refractivity contribution >= 4 is 5.96 Å². The maximum absolute atomic E-state index is 5.70. The number of ether oxygens (including phenoxy) is 3. The van der Waals surface area contributed by atoms with E-state index in [2.05, 4.69) is 15.6 Å². The molecule has 26 heavy (non-hydrogen) atoms. The van der Waals surface area contributed by atoms with Crippen LogP contribution in [0.15, 0.2) is 53.5 Å². The van der Waals surface area contributed by atoms with E-state index in [1.165, 1.54) is 0 Å². The number of rotatable bonds is 9. The van der Waals surface area contributed by atoms with E-state index in [1.807, 2.05) is 48.5 Å². The van der Waals surface area contributed by atoms with Crippen LogP contribution in [0.25, 0.3) is 0 Å². The van der Waals surface area contributed by atoms with Crippen molar-refractivity contribution in [1.29, 1.82) is 0 Å². The predicted molar refractivity (Wildman–Crippen MR) is 104 cm³/mol. The number of hydrogen-bond acceptors (Lipinski definition) is 4. The Hall–Kier alpha value is -2.89. The van der Waals surface area contributed by atoms with Gasteiger partial charge in [0.1, 0.15) is 17.2 Å². The summed E-state index contributed by atoms with van der Waals surface area (Å²) in [5.41, 5.74) is 1.16. The molecule has 0 aliphatic heterocycles. The van der Waals surface area contributed by atoms with Gasteiger partial charge in [0.05, 0.1) is 20.8 Å². The summed E-state index contributed by atoms with van der Waals surface area (Å²) in [5.74, 6) is 3.29. The normalized spacial score (nSPS) is 11.0. The van der Waals surface area contributed by atoms with Crippen molar-refractivity contribution in [2.24, 2.45) is 4.99 Å². The first-order chi connectivity index (χ1) is 12.7. The summed E-state index contributed by atoms with van der Waals surface area (Å²) in [6, 6.07) is 15.5. The molecule has 140 valence electrons. The molecule has 0 aromatic heterocycles. The summed E-state index contributed by atoms with van der Waals surface area (Å²) < 4.78 is 16.0. The van der Waals surface area contributed by atoms with E-state index in [9.17, 15) is 0 Å². The molecule has 0 aliphatic carbocycles. The van der Waals surface area contributed by atoms with Crippen LogP contribution < -0.4 is 24.8 Å². The van der Waals surface area contributed by atoms with Crippen molar-refractivity contribution in [3.05, 3.63) is 54.1 Å². The average Bonchev–Trinajstić information content (AvgIpc) is 2.71. The number of guanidine groups is 1. The highest BCUT2D eigenvalue weighted by atomic mass is 16.5. The molecule has 0 saturated carbocycles. The number of aliphatic imine (C=N–C) groups is 1. The summed E-state index contributed by atoms with van der Waals surface area (Å²) in [7, 11) is 5.08. The van der Waals surface area contributed by atoms with Crippen LogP contribution in [0.3, 0.4) is 0 Å². The van der Waals surface area contributed by atoms with Gasteiger partial charge in [-0.3, -0.25) is 4.99 Å². The molecule has 0 heterocycles. The van der Waals surface area contributed by atoms with Crippen molar-refractivity contribution in [3.63, 3.8) is 0 Å². The molecule has 0 radical (unpaired) electrons. The zero-order chi connectivity index (χ0) is 18.6. The molecule has 2 N–H and O–H groups in total. The lowest BCUT2D eigenvalue weighted by Gasteiger charge is -2.12. The smallest absolute Gasteiger partial charge is 0.191 e. The van der Waals surface area contributed by atoms with Gasteiger partial charge in [0, 0.05) is 20.1 Å². The largest absolute Gasteiger partial charge is 0.497 e. The fourth-order valence-electron chi connectivity index (χ4n) is 2.29. The third-order valence-corrected chi connectivity index (χ3v) is 3.78. The lowest BCUT2D eigenvalue weighted by atomic mass is 10.2. The molecule has 0 fully saturated rings. The van der Waals surface area contributed by atoms with Crippen molar-refractivity contribution in [1.82, 2.24) is 10.6 Å². The predicted octanol–water partition coefficient (Wildman–Crippen LogP) is 2.84. The van der Waals surface area contributed by atoms with Crippen LogP contribution in [0.5, 0.6) is 17.2 Å². The first-order valence-corrected chi connectivity index (χ1v) is 8.59. The maximum Gasteiger partial charge on any atom is 0.191 e. The van der Waals surface area contributed by atoms with Gasteiger partial charge in [-0.2, -0.15) is 0 Å². The van der Waals surface area contributed by atoms with E-state index in [0.717, 1.165) is 41.7 Å². The van der Waals surface area contributed by atoms with Gasteiger partial charge in [-0.1, -0.05) is 12.1 Å². The van der Waals surface area contributed by atoms with Crippen molar-refractivity contribution in [2.75, 3.05) is 34.4 Å². The van der Waals surface area contributed by atoms with E-state index in [-0.39, 0.29) is 0 Å². The Morgan fingerprint density at radius 1 is 0.846 bits per heavy atom. The van der Waals surface area contributed by atoms with Gasteiger partial charge in [0.15, 0.2) is 5.96 Å². The highest BCUT2D eigenvalue weighted by Gasteiger charge is 2.00. The Bertz CT molecular complexity index is 670. The van der Waals surface area contributed by atoms with Gasteiger partial charge in [0.25, 0.3) is 0 Å². The molecule has 0 atom stereocenters. The number of nitrogens with zero attached hydrogens (tertiary/aromatic N) is 1. The number of methoxy groups -OCH3 is 2. The van der Waals surface area contributed by atoms with Gasteiger partial charge in [-0.05, 0) is 48.4 Å². The van der Waals surface area contributed by atoms with Crippen LogP contribution in [0.2, 0.25) is 0 Å². The fourth-order valence-corrected chi connectivity index (χ4v) is 2.29. The Labute approximate surface area is 155 Å². The molecule has 2 aromatic rings. The van der Waals surface area contributed by atoms with Crippen molar-refractivity contribution in [2.45, 2.75) is 13.0 Å². The molecular weight excluding hydrogens is 330 g/mol. The third-order valence-electron chi connectivity index (χ3n) is 3.78. The Balaban J connectivity index is 1.63. The summed E-state index contributed by atoms with van der Waals surface area (Å²) >= 11 is 0. The number of nitrogens with one attached hydrogen (secondary N) is 2. The van der Waals surface area contributed by atoms with Crippen LogP contribution in [0, 0.1) is 0 Å². The Morgan fingerprint density at radius 2 is 1.42 bits per heavy atom. The molecular formula is C20H27N3O3. The van der Waals surface area contributed by atoms with Crippen LogP contribution in [-0.2, 0) is 6.54 Å². The van der Waals surface area contributed by atoms with Gasteiger partial charge in [0.2, 0.25) is 0 Å². The summed E-state index contributed by atoms with van der Waals surface area (Å²) in [6.45, 7) is 2.11. The molecule has 0 spiro atoms. The highest BCUT2D eigenvalue weighted by molar-refractivity contribution is 5.79. The zero-order valence-corrected chi connectivity index (χ0v) is 15.6. The molecule has 2 rings (SSSR count). The summed E-state index contributed by atoms with van der Waals surface area (Å²) in [4.78, 5) is 4.23. The second kappa shape index (κ2) is 10.9. The fraction of sp³-hybridized carbons (Fsp3) is 0.350. The Kier molecular flexibility index (Phi) is 8.12. The molecule has 0 aliphatic rings. The first kappa shape index (κ1) is 19.4. The molecule has 0 amide bonds. The van der Waals surface area contributed by atoms with Crippen LogP contribution in [0.4, 0.5) is 0 Å². The maximum atomic E-state index is 5.70.